The predicted octanol–water partition coefficient (Wildman–Crippen LogP) is 2.90. The molecule has 8 heteroatoms. The van der Waals surface area contributed by atoms with E-state index in [4.69, 9.17) is 0 Å². The predicted molar refractivity (Wildman–Crippen MR) is 105 cm³/mol. The van der Waals surface area contributed by atoms with Crippen LogP contribution in [-0.2, 0) is 0 Å². The Balaban J connectivity index is 0.00000196. The Kier molecular flexibility index (Phi) is 6.21. The van der Waals surface area contributed by atoms with Crippen LogP contribution in [-0.4, -0.2) is 39.7 Å². The highest BCUT2D eigenvalue weighted by Gasteiger charge is 2.26. The van der Waals surface area contributed by atoms with Crippen LogP contribution in [0, 0.1) is 6.92 Å². The topological polar surface area (TPSA) is 71.8 Å². The van der Waals surface area contributed by atoms with Gasteiger partial charge in [0.15, 0.2) is 5.69 Å². The average Bonchev–Trinajstić information content (AvgIpc) is 3.04. The lowest BCUT2D eigenvalue weighted by Gasteiger charge is -2.25. The van der Waals surface area contributed by atoms with Crippen molar-refractivity contribution in [3.8, 4) is 0 Å². The number of carbonyl (C=O) groups excluding carboxylic acids is 1. The van der Waals surface area contributed by atoms with E-state index in [1.54, 1.807) is 0 Å². The lowest BCUT2D eigenvalue weighted by Crippen LogP contribution is -2.32. The molecule has 3 heterocycles. The maximum absolute atomic E-state index is 12.8. The van der Waals surface area contributed by atoms with Gasteiger partial charge in [-0.3, -0.25) is 4.79 Å². The molecule has 2 aliphatic rings. The molecule has 1 aromatic carbocycles. The van der Waals surface area contributed by atoms with Crippen molar-refractivity contribution < 1.29 is 4.79 Å². The zero-order chi connectivity index (χ0) is 17.2. The van der Waals surface area contributed by atoms with Crippen LogP contribution in [0.4, 0.5) is 0 Å². The number of halogens is 1. The Morgan fingerprint density at radius 3 is 2.85 bits per heavy atom. The van der Waals surface area contributed by atoms with Gasteiger partial charge in [-0.2, -0.15) is 0 Å². The maximum Gasteiger partial charge on any atom is 0.274 e. The van der Waals surface area contributed by atoms with Gasteiger partial charge in [0, 0.05) is 10.6 Å². The number of benzene rings is 1. The van der Waals surface area contributed by atoms with E-state index in [0.717, 1.165) is 43.8 Å². The first-order valence-corrected chi connectivity index (χ1v) is 9.87. The van der Waals surface area contributed by atoms with Gasteiger partial charge < -0.3 is 10.6 Å². The van der Waals surface area contributed by atoms with Crippen LogP contribution in [0.3, 0.4) is 0 Å². The van der Waals surface area contributed by atoms with Crippen LogP contribution in [0.5, 0.6) is 0 Å². The zero-order valence-corrected chi connectivity index (χ0v) is 16.4. The second-order valence-corrected chi connectivity index (χ2v) is 7.79. The number of hydrogen-bond acceptors (Lipinski definition) is 5. The third kappa shape index (κ3) is 3.75. The number of piperidine rings is 1. The van der Waals surface area contributed by atoms with Crippen molar-refractivity contribution in [3.63, 3.8) is 0 Å². The van der Waals surface area contributed by atoms with Gasteiger partial charge in [0.25, 0.3) is 5.91 Å². The molecule has 1 unspecified atom stereocenters. The van der Waals surface area contributed by atoms with Crippen LogP contribution in [0.15, 0.2) is 29.2 Å². The van der Waals surface area contributed by atoms with Crippen LogP contribution < -0.4 is 10.6 Å². The largest absolute Gasteiger partial charge is 0.344 e. The molecule has 26 heavy (non-hydrogen) atoms. The lowest BCUT2D eigenvalue weighted by molar-refractivity contribution is 0.0929. The minimum atomic E-state index is -0.121. The van der Waals surface area contributed by atoms with Crippen LogP contribution >= 0.6 is 24.2 Å². The first-order valence-electron chi connectivity index (χ1n) is 8.89. The summed E-state index contributed by atoms with van der Waals surface area (Å²) in [7, 11) is 0. The van der Waals surface area contributed by atoms with Crippen molar-refractivity contribution in [2.75, 3.05) is 18.8 Å². The van der Waals surface area contributed by atoms with Crippen molar-refractivity contribution in [1.82, 2.24) is 25.6 Å². The van der Waals surface area contributed by atoms with Crippen molar-refractivity contribution in [3.05, 3.63) is 41.2 Å². The molecular formula is C18H24ClN5OS. The number of nitrogens with zero attached hydrogens (tertiary/aromatic N) is 3. The number of fused-ring (bicyclic) bond motifs is 1. The highest BCUT2D eigenvalue weighted by molar-refractivity contribution is 7.99. The monoisotopic (exact) mass is 393 g/mol. The summed E-state index contributed by atoms with van der Waals surface area (Å²) in [6.45, 7) is 3.92. The van der Waals surface area contributed by atoms with Gasteiger partial charge >= 0.3 is 0 Å². The molecule has 1 amide bonds. The lowest BCUT2D eigenvalue weighted by atomic mass is 10.0. The van der Waals surface area contributed by atoms with Gasteiger partial charge in [-0.1, -0.05) is 23.4 Å². The molecule has 6 nitrogen and oxygen atoms in total. The molecule has 2 aliphatic heterocycles. The Labute approximate surface area is 163 Å². The normalized spacial score (nSPS) is 20.1. The number of thioether (sulfide) groups is 1. The van der Waals surface area contributed by atoms with Crippen molar-refractivity contribution in [1.29, 1.82) is 0 Å². The third-order valence-corrected chi connectivity index (χ3v) is 6.18. The van der Waals surface area contributed by atoms with Gasteiger partial charge in [0.1, 0.15) is 0 Å². The van der Waals surface area contributed by atoms with Gasteiger partial charge in [-0.05, 0) is 50.9 Å². The molecule has 1 aromatic heterocycles. The first-order chi connectivity index (χ1) is 12.2. The van der Waals surface area contributed by atoms with E-state index in [-0.39, 0.29) is 24.4 Å². The van der Waals surface area contributed by atoms with Gasteiger partial charge in [-0.15, -0.1) is 29.3 Å². The van der Waals surface area contributed by atoms with Crippen molar-refractivity contribution >= 4 is 30.1 Å². The molecule has 1 fully saturated rings. The Morgan fingerprint density at radius 2 is 2.04 bits per heavy atom. The van der Waals surface area contributed by atoms with Crippen molar-refractivity contribution in [2.45, 2.75) is 43.2 Å². The van der Waals surface area contributed by atoms with E-state index in [1.165, 1.54) is 10.5 Å². The molecule has 140 valence electrons. The molecular weight excluding hydrogens is 370 g/mol. The van der Waals surface area contributed by atoms with Crippen molar-refractivity contribution in [2.24, 2.45) is 0 Å². The fourth-order valence-electron chi connectivity index (χ4n) is 3.67. The van der Waals surface area contributed by atoms with Crippen LogP contribution in [0.25, 0.3) is 0 Å². The molecule has 2 aromatic rings. The van der Waals surface area contributed by atoms with E-state index in [2.05, 4.69) is 33.1 Å². The molecule has 1 saturated heterocycles. The molecule has 1 atom stereocenters. The molecule has 0 aliphatic carbocycles. The van der Waals surface area contributed by atoms with Gasteiger partial charge in [0.2, 0.25) is 0 Å². The summed E-state index contributed by atoms with van der Waals surface area (Å²) >= 11 is 1.85. The number of aromatic nitrogens is 3. The third-order valence-electron chi connectivity index (χ3n) is 5.06. The summed E-state index contributed by atoms with van der Waals surface area (Å²) in [5, 5.41) is 15.0. The van der Waals surface area contributed by atoms with Gasteiger partial charge in [0.05, 0.1) is 17.8 Å². The van der Waals surface area contributed by atoms with E-state index >= 15 is 0 Å². The van der Waals surface area contributed by atoms with E-state index in [0.29, 0.717) is 11.7 Å². The minimum Gasteiger partial charge on any atom is -0.344 e. The van der Waals surface area contributed by atoms with Crippen LogP contribution in [0.2, 0.25) is 0 Å². The maximum atomic E-state index is 12.8. The fraction of sp³-hybridized carbons (Fsp3) is 0.500. The second-order valence-electron chi connectivity index (χ2n) is 6.65. The summed E-state index contributed by atoms with van der Waals surface area (Å²) < 4.78 is 1.93. The summed E-state index contributed by atoms with van der Waals surface area (Å²) in [5.41, 5.74) is 2.52. The standard InChI is InChI=1S/C18H23N5OS.ClH/c1-12-17(21-22-23(12)13-6-9-19-10-7-13)18(24)20-15-8-11-25-16-5-3-2-4-14(15)16;/h2-5,13,15,19H,6-11H2,1H3,(H,20,24);1H. The highest BCUT2D eigenvalue weighted by Crippen LogP contribution is 2.36. The molecule has 0 radical (unpaired) electrons. The molecule has 2 N–H and O–H groups in total. The van der Waals surface area contributed by atoms with E-state index in [9.17, 15) is 4.79 Å². The van der Waals surface area contributed by atoms with E-state index in [1.807, 2.05) is 35.5 Å². The summed E-state index contributed by atoms with van der Waals surface area (Å²) in [6.07, 6.45) is 2.99. The average molecular weight is 394 g/mol. The molecule has 4 rings (SSSR count). The summed E-state index contributed by atoms with van der Waals surface area (Å²) in [5.74, 6) is 0.896. The molecule has 0 bridgehead atoms. The number of hydrogen-bond donors (Lipinski definition) is 2. The second kappa shape index (κ2) is 8.41. The SMILES string of the molecule is Cc1c(C(=O)NC2CCSc3ccccc32)nnn1C1CCNCC1.Cl. The Morgan fingerprint density at radius 1 is 1.27 bits per heavy atom. The smallest absolute Gasteiger partial charge is 0.274 e. The Hall–Kier alpha value is -1.57. The minimum absolute atomic E-state index is 0. The molecule has 0 saturated carbocycles. The number of rotatable bonds is 3. The van der Waals surface area contributed by atoms with Crippen LogP contribution in [0.1, 0.15) is 53.1 Å². The van der Waals surface area contributed by atoms with Gasteiger partial charge in [-0.25, -0.2) is 4.68 Å². The first kappa shape index (κ1) is 19.2. The number of carbonyl (C=O) groups is 1. The molecule has 0 spiro atoms. The summed E-state index contributed by atoms with van der Waals surface area (Å²) in [4.78, 5) is 14.1. The summed E-state index contributed by atoms with van der Waals surface area (Å²) in [6, 6.07) is 8.69. The quantitative estimate of drug-likeness (QED) is 0.838. The number of nitrogens with one attached hydrogen (secondary N) is 2. The Bertz CT molecular complexity index is 775. The number of amides is 1. The van der Waals surface area contributed by atoms with E-state index < -0.39 is 0 Å². The fourth-order valence-corrected chi connectivity index (χ4v) is 4.79. The highest BCUT2D eigenvalue weighted by atomic mass is 35.5. The zero-order valence-electron chi connectivity index (χ0n) is 14.8.